The van der Waals surface area contributed by atoms with Gasteiger partial charge in [-0.25, -0.2) is 10.4 Å². The first-order valence-corrected chi connectivity index (χ1v) is 8.20. The standard InChI is InChI=1S/C19H18N4O2/c1-23-16-8-4-3-7-15(16)20-18(23)12-19(24)22-21-14-10-11-25-17-9-5-2-6-13(14)17/h2-9H,10-12H2,1H3,(H,22,24)/b21-14-. The number of rotatable bonds is 3. The van der Waals surface area contributed by atoms with Gasteiger partial charge in [0, 0.05) is 19.0 Å². The topological polar surface area (TPSA) is 68.5 Å². The Bertz CT molecular complexity index is 974. The number of aryl methyl sites for hydroxylation is 1. The van der Waals surface area contributed by atoms with Crippen LogP contribution < -0.4 is 10.2 Å². The van der Waals surface area contributed by atoms with Crippen molar-refractivity contribution in [1.29, 1.82) is 0 Å². The maximum Gasteiger partial charge on any atom is 0.247 e. The molecular weight excluding hydrogens is 316 g/mol. The Labute approximate surface area is 145 Å². The van der Waals surface area contributed by atoms with Crippen molar-refractivity contribution < 1.29 is 9.53 Å². The molecule has 3 aromatic rings. The number of aromatic nitrogens is 2. The normalized spacial score (nSPS) is 15.0. The van der Waals surface area contributed by atoms with Crippen LogP contribution in [0.1, 0.15) is 17.8 Å². The lowest BCUT2D eigenvalue weighted by atomic mass is 10.0. The van der Waals surface area contributed by atoms with E-state index in [1.54, 1.807) is 0 Å². The van der Waals surface area contributed by atoms with Crippen molar-refractivity contribution in [3.63, 3.8) is 0 Å². The highest BCUT2D eigenvalue weighted by Crippen LogP contribution is 2.24. The Morgan fingerprint density at radius 3 is 2.92 bits per heavy atom. The minimum Gasteiger partial charge on any atom is -0.492 e. The van der Waals surface area contributed by atoms with Gasteiger partial charge in [0.1, 0.15) is 11.6 Å². The molecule has 0 fully saturated rings. The molecule has 0 spiro atoms. The molecular formula is C19H18N4O2. The third-order valence-electron chi connectivity index (χ3n) is 4.31. The fourth-order valence-electron chi connectivity index (χ4n) is 3.01. The van der Waals surface area contributed by atoms with E-state index >= 15 is 0 Å². The molecule has 0 aliphatic carbocycles. The van der Waals surface area contributed by atoms with Crippen LogP contribution in [-0.4, -0.2) is 27.8 Å². The molecule has 0 bridgehead atoms. The van der Waals surface area contributed by atoms with Gasteiger partial charge in [-0.1, -0.05) is 24.3 Å². The number of nitrogens with zero attached hydrogens (tertiary/aromatic N) is 3. The molecule has 1 aromatic heterocycles. The number of imidazole rings is 1. The quantitative estimate of drug-likeness (QED) is 0.748. The Morgan fingerprint density at radius 2 is 2.04 bits per heavy atom. The van der Waals surface area contributed by atoms with Crippen LogP contribution in [-0.2, 0) is 18.3 Å². The first-order valence-electron chi connectivity index (χ1n) is 8.20. The average molecular weight is 334 g/mol. The molecule has 0 radical (unpaired) electrons. The number of fused-ring (bicyclic) bond motifs is 2. The number of ether oxygens (including phenoxy) is 1. The summed E-state index contributed by atoms with van der Waals surface area (Å²) in [4.78, 5) is 16.8. The summed E-state index contributed by atoms with van der Waals surface area (Å²) in [7, 11) is 1.92. The number of amides is 1. The lowest BCUT2D eigenvalue weighted by molar-refractivity contribution is -0.120. The van der Waals surface area contributed by atoms with Crippen molar-refractivity contribution in [3.8, 4) is 5.75 Å². The van der Waals surface area contributed by atoms with Crippen molar-refractivity contribution in [2.75, 3.05) is 6.61 Å². The van der Waals surface area contributed by atoms with Crippen LogP contribution in [0.15, 0.2) is 53.6 Å². The van der Waals surface area contributed by atoms with Gasteiger partial charge < -0.3 is 9.30 Å². The SMILES string of the molecule is Cn1c(CC(=O)N/N=C2/CCOc3ccccc32)nc2ccccc21. The van der Waals surface area contributed by atoms with Gasteiger partial charge in [0.05, 0.1) is 29.8 Å². The summed E-state index contributed by atoms with van der Waals surface area (Å²) < 4.78 is 7.53. The lowest BCUT2D eigenvalue weighted by Crippen LogP contribution is -2.25. The second-order valence-electron chi connectivity index (χ2n) is 5.94. The lowest BCUT2D eigenvalue weighted by Gasteiger charge is -2.18. The smallest absolute Gasteiger partial charge is 0.247 e. The molecule has 0 saturated carbocycles. The van der Waals surface area contributed by atoms with Gasteiger partial charge in [-0.05, 0) is 24.3 Å². The van der Waals surface area contributed by atoms with E-state index in [9.17, 15) is 4.79 Å². The van der Waals surface area contributed by atoms with E-state index in [2.05, 4.69) is 15.5 Å². The summed E-state index contributed by atoms with van der Waals surface area (Å²) in [6, 6.07) is 15.5. The van der Waals surface area contributed by atoms with Crippen molar-refractivity contribution in [3.05, 3.63) is 59.9 Å². The number of para-hydroxylation sites is 3. The Morgan fingerprint density at radius 1 is 1.24 bits per heavy atom. The minimum absolute atomic E-state index is 0.181. The first-order chi connectivity index (χ1) is 12.2. The molecule has 126 valence electrons. The summed E-state index contributed by atoms with van der Waals surface area (Å²) in [6.07, 6.45) is 0.851. The molecule has 2 aromatic carbocycles. The predicted molar refractivity (Wildman–Crippen MR) is 95.7 cm³/mol. The maximum absolute atomic E-state index is 12.3. The summed E-state index contributed by atoms with van der Waals surface area (Å²) in [5.41, 5.74) is 6.31. The number of nitrogens with one attached hydrogen (secondary N) is 1. The van der Waals surface area contributed by atoms with Crippen LogP contribution in [0.2, 0.25) is 0 Å². The summed E-state index contributed by atoms with van der Waals surface area (Å²) in [5, 5.41) is 4.30. The third-order valence-corrected chi connectivity index (χ3v) is 4.31. The van der Waals surface area contributed by atoms with Crippen LogP contribution in [0.3, 0.4) is 0 Å². The Hall–Kier alpha value is -3.15. The highest BCUT2D eigenvalue weighted by atomic mass is 16.5. The maximum atomic E-state index is 12.3. The summed E-state index contributed by atoms with van der Waals surface area (Å²) >= 11 is 0. The van der Waals surface area contributed by atoms with Crippen LogP contribution in [0, 0.1) is 0 Å². The molecule has 25 heavy (non-hydrogen) atoms. The Balaban J connectivity index is 1.50. The molecule has 6 heteroatoms. The van der Waals surface area contributed by atoms with Gasteiger partial charge in [-0.3, -0.25) is 4.79 Å². The van der Waals surface area contributed by atoms with E-state index in [0.29, 0.717) is 18.9 Å². The van der Waals surface area contributed by atoms with E-state index in [-0.39, 0.29) is 12.3 Å². The number of carbonyl (C=O) groups is 1. The van der Waals surface area contributed by atoms with Crippen molar-refractivity contribution >= 4 is 22.7 Å². The number of carbonyl (C=O) groups excluding carboxylic acids is 1. The number of hydrazone groups is 1. The van der Waals surface area contributed by atoms with Crippen LogP contribution in [0.4, 0.5) is 0 Å². The van der Waals surface area contributed by atoms with E-state index in [4.69, 9.17) is 4.74 Å². The number of hydrogen-bond donors (Lipinski definition) is 1. The van der Waals surface area contributed by atoms with Crippen molar-refractivity contribution in [2.24, 2.45) is 12.1 Å². The van der Waals surface area contributed by atoms with Gasteiger partial charge in [0.15, 0.2) is 0 Å². The number of hydrogen-bond acceptors (Lipinski definition) is 4. The van der Waals surface area contributed by atoms with Crippen molar-refractivity contribution in [1.82, 2.24) is 15.0 Å². The largest absolute Gasteiger partial charge is 0.492 e. The second-order valence-corrected chi connectivity index (χ2v) is 5.94. The van der Waals surface area contributed by atoms with Gasteiger partial charge in [-0.2, -0.15) is 5.10 Å². The van der Waals surface area contributed by atoms with Gasteiger partial charge in [-0.15, -0.1) is 0 Å². The fourth-order valence-corrected chi connectivity index (χ4v) is 3.01. The van der Waals surface area contributed by atoms with Gasteiger partial charge in [0.25, 0.3) is 0 Å². The minimum atomic E-state index is -0.185. The summed E-state index contributed by atoms with van der Waals surface area (Å²) in [5.74, 6) is 1.33. The van der Waals surface area contributed by atoms with E-state index < -0.39 is 0 Å². The van der Waals surface area contributed by atoms with Crippen molar-refractivity contribution in [2.45, 2.75) is 12.8 Å². The van der Waals surface area contributed by atoms with Gasteiger partial charge in [0.2, 0.25) is 5.91 Å². The molecule has 1 amide bonds. The monoisotopic (exact) mass is 334 g/mol. The van der Waals surface area contributed by atoms with Crippen LogP contribution in [0.5, 0.6) is 5.75 Å². The van der Waals surface area contributed by atoms with Crippen LogP contribution in [0.25, 0.3) is 11.0 Å². The van der Waals surface area contributed by atoms with Crippen LogP contribution >= 0.6 is 0 Å². The first kappa shape index (κ1) is 15.4. The highest BCUT2D eigenvalue weighted by Gasteiger charge is 2.17. The molecule has 2 heterocycles. The molecule has 0 saturated heterocycles. The zero-order chi connectivity index (χ0) is 17.2. The zero-order valence-corrected chi connectivity index (χ0v) is 13.9. The van der Waals surface area contributed by atoms with Gasteiger partial charge >= 0.3 is 0 Å². The molecule has 6 nitrogen and oxygen atoms in total. The third kappa shape index (κ3) is 2.98. The van der Waals surface area contributed by atoms with E-state index in [1.807, 2.05) is 60.1 Å². The molecule has 1 aliphatic rings. The predicted octanol–water partition coefficient (Wildman–Crippen LogP) is 2.42. The Kier molecular flexibility index (Phi) is 3.93. The number of benzene rings is 2. The zero-order valence-electron chi connectivity index (χ0n) is 13.9. The highest BCUT2D eigenvalue weighted by molar-refractivity contribution is 6.04. The molecule has 1 N–H and O–H groups in total. The van der Waals surface area contributed by atoms with E-state index in [1.165, 1.54) is 0 Å². The summed E-state index contributed by atoms with van der Waals surface area (Å²) in [6.45, 7) is 0.566. The average Bonchev–Trinajstić information content (AvgIpc) is 2.96. The second kappa shape index (κ2) is 6.39. The molecule has 0 atom stereocenters. The molecule has 4 rings (SSSR count). The molecule has 1 aliphatic heterocycles. The van der Waals surface area contributed by atoms with E-state index in [0.717, 1.165) is 28.1 Å². The fraction of sp³-hybridized carbons (Fsp3) is 0.211. The molecule has 0 unspecified atom stereocenters.